The topological polar surface area (TPSA) is 60.0 Å². The van der Waals surface area contributed by atoms with Crippen molar-refractivity contribution in [3.63, 3.8) is 0 Å². The van der Waals surface area contributed by atoms with Crippen LogP contribution in [0, 0.1) is 0 Å². The van der Waals surface area contributed by atoms with Crippen LogP contribution in [0.1, 0.15) is 32.3 Å². The van der Waals surface area contributed by atoms with E-state index < -0.39 is 0 Å². The number of carbonyl (C=O) groups excluding carboxylic acids is 1. The number of nitrogens with zero attached hydrogens (tertiary/aromatic N) is 1. The number of piperidine rings is 1. The average Bonchev–Trinajstić information content (AvgIpc) is 3.07. The minimum absolute atomic E-state index is 0.00106. The molecule has 0 aliphatic carbocycles. The number of hydrogen-bond donors (Lipinski definition) is 1. The molecule has 30 heavy (non-hydrogen) atoms. The first kappa shape index (κ1) is 20.4. The van der Waals surface area contributed by atoms with Gasteiger partial charge in [0.05, 0.1) is 7.11 Å². The predicted molar refractivity (Wildman–Crippen MR) is 117 cm³/mol. The Bertz CT molecular complexity index is 887. The Balaban J connectivity index is 1.25. The van der Waals surface area contributed by atoms with Gasteiger partial charge in [0.1, 0.15) is 11.4 Å². The van der Waals surface area contributed by atoms with E-state index in [9.17, 15) is 4.79 Å². The van der Waals surface area contributed by atoms with Gasteiger partial charge in [-0.2, -0.15) is 0 Å². The number of fused-ring (bicyclic) bond motifs is 1. The van der Waals surface area contributed by atoms with Crippen molar-refractivity contribution >= 4 is 11.6 Å². The molecule has 2 aliphatic rings. The molecule has 160 valence electrons. The smallest absolute Gasteiger partial charge is 0.258 e. The summed E-state index contributed by atoms with van der Waals surface area (Å²) < 4.78 is 17.0. The first-order valence-corrected chi connectivity index (χ1v) is 10.6. The normalized spacial score (nSPS) is 17.8. The van der Waals surface area contributed by atoms with Crippen molar-refractivity contribution in [2.75, 3.05) is 31.7 Å². The number of carbonyl (C=O) groups is 1. The van der Waals surface area contributed by atoms with E-state index in [1.807, 2.05) is 30.3 Å². The molecule has 2 heterocycles. The lowest BCUT2D eigenvalue weighted by Crippen LogP contribution is -2.46. The van der Waals surface area contributed by atoms with Crippen molar-refractivity contribution in [1.29, 1.82) is 0 Å². The van der Waals surface area contributed by atoms with Crippen molar-refractivity contribution in [2.24, 2.45) is 0 Å². The number of amides is 1. The minimum Gasteiger partial charge on any atom is -0.497 e. The van der Waals surface area contributed by atoms with Gasteiger partial charge in [0.2, 0.25) is 0 Å². The number of methoxy groups -OCH3 is 1. The van der Waals surface area contributed by atoms with Crippen LogP contribution in [0.25, 0.3) is 0 Å². The molecule has 2 aromatic rings. The molecule has 0 atom stereocenters. The Morgan fingerprint density at radius 3 is 2.60 bits per heavy atom. The lowest BCUT2D eigenvalue weighted by atomic mass is 10.0. The number of para-hydroxylation sites is 1. The van der Waals surface area contributed by atoms with Gasteiger partial charge in [-0.3, -0.25) is 4.79 Å². The Labute approximate surface area is 178 Å². The van der Waals surface area contributed by atoms with Gasteiger partial charge in [-0.15, -0.1) is 0 Å². The Hall–Kier alpha value is -2.89. The zero-order chi connectivity index (χ0) is 21.1. The van der Waals surface area contributed by atoms with E-state index in [2.05, 4.69) is 36.2 Å². The van der Waals surface area contributed by atoms with Crippen LogP contribution in [0.3, 0.4) is 0 Å². The summed E-state index contributed by atoms with van der Waals surface area (Å²) in [6.07, 6.45) is 2.67. The van der Waals surface area contributed by atoms with Gasteiger partial charge < -0.3 is 24.4 Å². The van der Waals surface area contributed by atoms with Gasteiger partial charge >= 0.3 is 0 Å². The number of hydrogen-bond acceptors (Lipinski definition) is 5. The third-order valence-electron chi connectivity index (χ3n) is 5.71. The van der Waals surface area contributed by atoms with Crippen molar-refractivity contribution in [3.05, 3.63) is 48.0 Å². The van der Waals surface area contributed by atoms with E-state index in [0.29, 0.717) is 5.75 Å². The first-order chi connectivity index (χ1) is 14.4. The fourth-order valence-electron chi connectivity index (χ4n) is 4.19. The summed E-state index contributed by atoms with van der Waals surface area (Å²) in [5, 5.41) is 3.11. The second-order valence-corrected chi connectivity index (χ2v) is 8.60. The Morgan fingerprint density at radius 1 is 1.17 bits per heavy atom. The van der Waals surface area contributed by atoms with Crippen LogP contribution in [0.4, 0.5) is 5.69 Å². The summed E-state index contributed by atoms with van der Waals surface area (Å²) in [6, 6.07) is 14.1. The van der Waals surface area contributed by atoms with Gasteiger partial charge in [0.25, 0.3) is 5.91 Å². The van der Waals surface area contributed by atoms with Crippen molar-refractivity contribution in [3.8, 4) is 17.2 Å². The summed E-state index contributed by atoms with van der Waals surface area (Å²) >= 11 is 0. The van der Waals surface area contributed by atoms with Gasteiger partial charge in [-0.1, -0.05) is 12.1 Å². The highest BCUT2D eigenvalue weighted by Crippen LogP contribution is 2.41. The molecule has 0 unspecified atom stereocenters. The van der Waals surface area contributed by atoms with E-state index in [4.69, 9.17) is 14.2 Å². The lowest BCUT2D eigenvalue weighted by molar-refractivity contribution is -0.123. The second-order valence-electron chi connectivity index (χ2n) is 8.60. The van der Waals surface area contributed by atoms with E-state index in [0.717, 1.165) is 49.4 Å². The first-order valence-electron chi connectivity index (χ1n) is 10.6. The molecular formula is C24H30N2O4. The fourth-order valence-corrected chi connectivity index (χ4v) is 4.19. The van der Waals surface area contributed by atoms with Crippen molar-refractivity contribution < 1.29 is 19.0 Å². The number of rotatable bonds is 6. The van der Waals surface area contributed by atoms with Crippen LogP contribution in [-0.4, -0.2) is 44.4 Å². The molecule has 4 rings (SSSR count). The van der Waals surface area contributed by atoms with Gasteiger partial charge in [-0.25, -0.2) is 0 Å². The Morgan fingerprint density at radius 2 is 1.90 bits per heavy atom. The van der Waals surface area contributed by atoms with E-state index in [-0.39, 0.29) is 24.2 Å². The Kier molecular flexibility index (Phi) is 5.75. The summed E-state index contributed by atoms with van der Waals surface area (Å²) in [5.74, 6) is 2.18. The van der Waals surface area contributed by atoms with Crippen LogP contribution in [0.2, 0.25) is 0 Å². The fraction of sp³-hybridized carbons (Fsp3) is 0.458. The molecule has 0 spiro atoms. The van der Waals surface area contributed by atoms with Crippen LogP contribution in [0.5, 0.6) is 17.2 Å². The number of nitrogens with one attached hydrogen (secondary N) is 1. The minimum atomic E-state index is -0.234. The van der Waals surface area contributed by atoms with Crippen LogP contribution >= 0.6 is 0 Å². The molecule has 2 aliphatic heterocycles. The molecule has 2 aromatic carbocycles. The van der Waals surface area contributed by atoms with Gasteiger partial charge in [0.15, 0.2) is 18.1 Å². The third kappa shape index (κ3) is 4.64. The van der Waals surface area contributed by atoms with Gasteiger partial charge in [-0.05, 0) is 57.0 Å². The average molecular weight is 411 g/mol. The summed E-state index contributed by atoms with van der Waals surface area (Å²) in [5.41, 5.74) is 2.08. The molecule has 0 aromatic heterocycles. The third-order valence-corrected chi connectivity index (χ3v) is 5.71. The summed E-state index contributed by atoms with van der Waals surface area (Å²) in [7, 11) is 1.67. The monoisotopic (exact) mass is 410 g/mol. The second kappa shape index (κ2) is 8.46. The highest BCUT2D eigenvalue weighted by molar-refractivity contribution is 5.78. The van der Waals surface area contributed by atoms with Gasteiger partial charge in [0, 0.05) is 36.8 Å². The quantitative estimate of drug-likeness (QED) is 0.789. The van der Waals surface area contributed by atoms with Crippen LogP contribution in [0.15, 0.2) is 42.5 Å². The van der Waals surface area contributed by atoms with Crippen molar-refractivity contribution in [1.82, 2.24) is 5.32 Å². The standard InChI is InChI=1S/C24H30N2O4/c1-24(2)15-17-5-4-6-21(23(17)30-24)29-16-22(27)25-18-11-13-26(14-12-18)19-7-9-20(28-3)10-8-19/h4-10,18H,11-16H2,1-3H3,(H,25,27). The van der Waals surface area contributed by atoms with Crippen LogP contribution < -0.4 is 24.4 Å². The van der Waals surface area contributed by atoms with Crippen LogP contribution in [-0.2, 0) is 11.2 Å². The summed E-state index contributed by atoms with van der Waals surface area (Å²) in [6.45, 7) is 5.93. The zero-order valence-corrected chi connectivity index (χ0v) is 17.9. The molecule has 6 heteroatoms. The maximum atomic E-state index is 12.4. The maximum absolute atomic E-state index is 12.4. The highest BCUT2D eigenvalue weighted by Gasteiger charge is 2.32. The molecule has 1 N–H and O–H groups in total. The zero-order valence-electron chi connectivity index (χ0n) is 17.9. The largest absolute Gasteiger partial charge is 0.497 e. The molecule has 0 bridgehead atoms. The SMILES string of the molecule is COc1ccc(N2CCC(NC(=O)COc3cccc4c3OC(C)(C)C4)CC2)cc1. The summed E-state index contributed by atoms with van der Waals surface area (Å²) in [4.78, 5) is 14.8. The number of anilines is 1. The molecule has 0 saturated carbocycles. The molecule has 1 amide bonds. The number of benzene rings is 2. The predicted octanol–water partition coefficient (Wildman–Crippen LogP) is 3.57. The molecule has 6 nitrogen and oxygen atoms in total. The lowest BCUT2D eigenvalue weighted by Gasteiger charge is -2.34. The van der Waals surface area contributed by atoms with E-state index >= 15 is 0 Å². The highest BCUT2D eigenvalue weighted by atomic mass is 16.5. The number of ether oxygens (including phenoxy) is 3. The van der Waals surface area contributed by atoms with E-state index in [1.165, 1.54) is 5.69 Å². The molecule has 1 saturated heterocycles. The van der Waals surface area contributed by atoms with E-state index in [1.54, 1.807) is 7.11 Å². The van der Waals surface area contributed by atoms with Crippen molar-refractivity contribution in [2.45, 2.75) is 44.8 Å². The molecule has 1 fully saturated rings. The molecule has 0 radical (unpaired) electrons. The molecular weight excluding hydrogens is 380 g/mol. The maximum Gasteiger partial charge on any atom is 0.258 e.